The minimum absolute atomic E-state index is 0.0910. The van der Waals surface area contributed by atoms with E-state index in [9.17, 15) is 0 Å². The zero-order valence-electron chi connectivity index (χ0n) is 27.1. The maximum absolute atomic E-state index is 5.26. The van der Waals surface area contributed by atoms with Crippen LogP contribution in [0.3, 0.4) is 0 Å². The zero-order chi connectivity index (χ0) is 32.7. The lowest BCUT2D eigenvalue weighted by molar-refractivity contribution is 0.571. The molecule has 0 bridgehead atoms. The maximum atomic E-state index is 5.26. The Morgan fingerprint density at radius 1 is 0.396 bits per heavy atom. The highest BCUT2D eigenvalue weighted by Gasteiger charge is 2.19. The Morgan fingerprint density at radius 3 is 1.52 bits per heavy atom. The average Bonchev–Trinajstić information content (AvgIpc) is 3.14. The number of rotatable bonds is 5. The average molecular weight is 620 g/mol. The van der Waals surface area contributed by atoms with Crippen molar-refractivity contribution in [3.8, 4) is 56.5 Å². The van der Waals surface area contributed by atoms with Crippen LogP contribution >= 0.6 is 0 Å². The molecule has 0 saturated carbocycles. The molecule has 0 atom stereocenters. The third kappa shape index (κ3) is 5.60. The molecule has 0 radical (unpaired) electrons. The second-order valence-electron chi connectivity index (χ2n) is 13.0. The van der Waals surface area contributed by atoms with Gasteiger partial charge in [0.2, 0.25) is 0 Å². The molecule has 5 nitrogen and oxygen atoms in total. The fourth-order valence-corrected chi connectivity index (χ4v) is 6.05. The van der Waals surface area contributed by atoms with Crippen molar-refractivity contribution in [1.82, 2.24) is 24.9 Å². The van der Waals surface area contributed by atoms with Crippen LogP contribution in [-0.4, -0.2) is 24.9 Å². The molecule has 3 heterocycles. The van der Waals surface area contributed by atoms with Crippen molar-refractivity contribution in [3.63, 3.8) is 0 Å². The van der Waals surface area contributed by atoms with Gasteiger partial charge in [-0.1, -0.05) is 148 Å². The van der Waals surface area contributed by atoms with Gasteiger partial charge in [0, 0.05) is 44.1 Å². The van der Waals surface area contributed by atoms with Gasteiger partial charge in [-0.05, 0) is 29.3 Å². The lowest BCUT2D eigenvalue weighted by Gasteiger charge is -2.19. The van der Waals surface area contributed by atoms with Crippen LogP contribution in [0.5, 0.6) is 0 Å². The summed E-state index contributed by atoms with van der Waals surface area (Å²) in [6, 6.07) is 49.7. The van der Waals surface area contributed by atoms with Crippen LogP contribution in [0, 0.1) is 0 Å². The number of hydrogen-bond acceptors (Lipinski definition) is 5. The molecule has 230 valence electrons. The molecule has 0 N–H and O–H groups in total. The van der Waals surface area contributed by atoms with Crippen LogP contribution in [0.25, 0.3) is 78.4 Å². The Hall–Kier alpha value is -6.07. The number of nitrogens with zero attached hydrogens (tertiary/aromatic N) is 5. The molecule has 48 heavy (non-hydrogen) atoms. The van der Waals surface area contributed by atoms with E-state index >= 15 is 0 Å². The first-order valence-corrected chi connectivity index (χ1v) is 16.2. The molecule has 8 aromatic rings. The van der Waals surface area contributed by atoms with Gasteiger partial charge in [0.25, 0.3) is 0 Å². The highest BCUT2D eigenvalue weighted by molar-refractivity contribution is 6.09. The normalized spacial score (nSPS) is 11.6. The summed E-state index contributed by atoms with van der Waals surface area (Å²) in [5, 5.41) is 2.11. The predicted molar refractivity (Wildman–Crippen MR) is 196 cm³/mol. The van der Waals surface area contributed by atoms with Crippen molar-refractivity contribution in [1.29, 1.82) is 0 Å². The van der Waals surface area contributed by atoms with Crippen LogP contribution in [0.15, 0.2) is 146 Å². The molecule has 0 spiro atoms. The van der Waals surface area contributed by atoms with Gasteiger partial charge in [0.15, 0.2) is 17.5 Å². The highest BCUT2D eigenvalue weighted by atomic mass is 15.0. The SMILES string of the molecule is CC(C)(C)c1ccc2ccc3c(-c4cccc(-c5nc(-c6ccccc6)nc(-c6ccccc6)n5)c4)cc(-c4ccccc4)nc3c2n1. The second-order valence-corrected chi connectivity index (χ2v) is 13.0. The largest absolute Gasteiger partial charge is 0.250 e. The van der Waals surface area contributed by atoms with Gasteiger partial charge < -0.3 is 0 Å². The number of aromatic nitrogens is 5. The minimum Gasteiger partial charge on any atom is -0.250 e. The third-order valence-electron chi connectivity index (χ3n) is 8.61. The summed E-state index contributed by atoms with van der Waals surface area (Å²) >= 11 is 0. The molecule has 0 aliphatic rings. The Kier molecular flexibility index (Phi) is 7.30. The van der Waals surface area contributed by atoms with E-state index < -0.39 is 0 Å². The quantitative estimate of drug-likeness (QED) is 0.179. The van der Waals surface area contributed by atoms with Crippen molar-refractivity contribution in [3.05, 3.63) is 151 Å². The van der Waals surface area contributed by atoms with Crippen LogP contribution in [-0.2, 0) is 5.41 Å². The second kappa shape index (κ2) is 11.9. The predicted octanol–water partition coefficient (Wildman–Crippen LogP) is 10.6. The molecule has 0 aliphatic carbocycles. The molecule has 8 rings (SSSR count). The first-order chi connectivity index (χ1) is 23.4. The van der Waals surface area contributed by atoms with E-state index in [1.807, 2.05) is 66.7 Å². The summed E-state index contributed by atoms with van der Waals surface area (Å²) in [6.07, 6.45) is 0. The summed E-state index contributed by atoms with van der Waals surface area (Å²) in [4.78, 5) is 25.3. The van der Waals surface area contributed by atoms with Crippen molar-refractivity contribution in [2.45, 2.75) is 26.2 Å². The number of fused-ring (bicyclic) bond motifs is 3. The Balaban J connectivity index is 1.35. The van der Waals surface area contributed by atoms with Gasteiger partial charge in [-0.2, -0.15) is 0 Å². The van der Waals surface area contributed by atoms with Gasteiger partial charge >= 0.3 is 0 Å². The van der Waals surface area contributed by atoms with E-state index in [0.29, 0.717) is 17.5 Å². The molecule has 0 aliphatic heterocycles. The van der Waals surface area contributed by atoms with E-state index in [1.165, 1.54) is 0 Å². The van der Waals surface area contributed by atoms with E-state index in [4.69, 9.17) is 24.9 Å². The monoisotopic (exact) mass is 619 g/mol. The first kappa shape index (κ1) is 29.3. The Labute approximate surface area is 280 Å². The summed E-state index contributed by atoms with van der Waals surface area (Å²) < 4.78 is 0. The van der Waals surface area contributed by atoms with Crippen LogP contribution < -0.4 is 0 Å². The first-order valence-electron chi connectivity index (χ1n) is 16.2. The number of pyridine rings is 2. The Bertz CT molecular complexity index is 2360. The molecule has 5 aromatic carbocycles. The highest BCUT2D eigenvalue weighted by Crippen LogP contribution is 2.37. The fourth-order valence-electron chi connectivity index (χ4n) is 6.05. The molecule has 0 amide bonds. The Morgan fingerprint density at radius 2 is 0.917 bits per heavy atom. The lowest BCUT2D eigenvalue weighted by Crippen LogP contribution is -2.13. The standard InChI is InChI=1S/C43H33N5/c1-43(2,3)37-25-23-29-22-24-34-35(27-36(28-14-7-4-8-15-28)44-39(34)38(29)45-37)32-20-13-21-33(26-32)42-47-40(30-16-9-5-10-17-30)46-41(48-42)31-18-11-6-12-19-31/h4-27H,1-3H3. The van der Waals surface area contributed by atoms with Crippen molar-refractivity contribution in [2.24, 2.45) is 0 Å². The van der Waals surface area contributed by atoms with E-state index in [1.54, 1.807) is 0 Å². The van der Waals surface area contributed by atoms with Gasteiger partial charge in [0.1, 0.15) is 0 Å². The molecule has 3 aromatic heterocycles. The smallest absolute Gasteiger partial charge is 0.164 e. The lowest BCUT2D eigenvalue weighted by atomic mass is 9.90. The molecular weight excluding hydrogens is 587 g/mol. The number of benzene rings is 5. The van der Waals surface area contributed by atoms with E-state index in [-0.39, 0.29) is 5.41 Å². The van der Waals surface area contributed by atoms with E-state index in [0.717, 1.165) is 66.6 Å². The van der Waals surface area contributed by atoms with Gasteiger partial charge in [-0.3, -0.25) is 0 Å². The summed E-state index contributed by atoms with van der Waals surface area (Å²) in [6.45, 7) is 6.58. The minimum atomic E-state index is -0.0910. The topological polar surface area (TPSA) is 64.5 Å². The summed E-state index contributed by atoms with van der Waals surface area (Å²) in [7, 11) is 0. The molecule has 0 unspecified atom stereocenters. The van der Waals surface area contributed by atoms with Gasteiger partial charge in [-0.25, -0.2) is 24.9 Å². The number of hydrogen-bond donors (Lipinski definition) is 0. The fraction of sp³-hybridized carbons (Fsp3) is 0.0930. The summed E-state index contributed by atoms with van der Waals surface area (Å²) in [5.41, 5.74) is 9.61. The maximum Gasteiger partial charge on any atom is 0.164 e. The molecule has 0 fully saturated rings. The summed E-state index contributed by atoms with van der Waals surface area (Å²) in [5.74, 6) is 1.89. The molecular formula is C43H33N5. The van der Waals surface area contributed by atoms with Crippen LogP contribution in [0.2, 0.25) is 0 Å². The third-order valence-corrected chi connectivity index (χ3v) is 8.61. The molecule has 5 heteroatoms. The van der Waals surface area contributed by atoms with Crippen LogP contribution in [0.1, 0.15) is 26.5 Å². The molecule has 0 saturated heterocycles. The van der Waals surface area contributed by atoms with E-state index in [2.05, 4.69) is 99.6 Å². The van der Waals surface area contributed by atoms with Crippen molar-refractivity contribution < 1.29 is 0 Å². The van der Waals surface area contributed by atoms with Gasteiger partial charge in [0.05, 0.1) is 16.7 Å². The van der Waals surface area contributed by atoms with Crippen molar-refractivity contribution >= 4 is 21.8 Å². The zero-order valence-corrected chi connectivity index (χ0v) is 27.1. The van der Waals surface area contributed by atoms with Crippen molar-refractivity contribution in [2.75, 3.05) is 0 Å². The van der Waals surface area contributed by atoms with Crippen LogP contribution in [0.4, 0.5) is 0 Å². The van der Waals surface area contributed by atoms with Gasteiger partial charge in [-0.15, -0.1) is 0 Å².